The highest BCUT2D eigenvalue weighted by Crippen LogP contribution is 2.15. The van der Waals surface area contributed by atoms with Crippen LogP contribution in [-0.4, -0.2) is 6.16 Å². The van der Waals surface area contributed by atoms with Crippen molar-refractivity contribution >= 4 is 13.9 Å². The van der Waals surface area contributed by atoms with Crippen LogP contribution in [0.15, 0.2) is 30.3 Å². The summed E-state index contributed by atoms with van der Waals surface area (Å²) in [5, 5.41) is 1.52. The quantitative estimate of drug-likeness (QED) is 0.399. The predicted molar refractivity (Wildman–Crippen MR) is 81.9 cm³/mol. The minimum Gasteiger partial charge on any atom is -0.0904 e. The minimum absolute atomic E-state index is 1.02. The van der Waals surface area contributed by atoms with E-state index in [1.165, 1.54) is 62.8 Å². The predicted octanol–water partition coefficient (Wildman–Crippen LogP) is 5.13. The van der Waals surface area contributed by atoms with Gasteiger partial charge in [-0.1, -0.05) is 90.8 Å². The van der Waals surface area contributed by atoms with Gasteiger partial charge in [-0.2, -0.15) is 0 Å². The second-order valence-corrected chi connectivity index (χ2v) is 6.20. The van der Waals surface area contributed by atoms with Crippen LogP contribution in [0.5, 0.6) is 0 Å². The van der Waals surface area contributed by atoms with Crippen LogP contribution in [0.2, 0.25) is 0 Å². The van der Waals surface area contributed by atoms with Crippen molar-refractivity contribution in [2.75, 3.05) is 6.16 Å². The molecule has 0 saturated heterocycles. The Morgan fingerprint density at radius 1 is 0.765 bits per heavy atom. The Balaban J connectivity index is 1.85. The van der Waals surface area contributed by atoms with E-state index in [1.807, 2.05) is 0 Å². The average molecular weight is 250 g/mol. The monoisotopic (exact) mass is 250 g/mol. The van der Waals surface area contributed by atoms with E-state index in [9.17, 15) is 0 Å². The van der Waals surface area contributed by atoms with Gasteiger partial charge < -0.3 is 0 Å². The number of hydrogen-bond donors (Lipinski definition) is 0. The topological polar surface area (TPSA) is 0 Å². The minimum atomic E-state index is 1.02. The number of benzene rings is 1. The van der Waals surface area contributed by atoms with Gasteiger partial charge in [0.05, 0.1) is 0 Å². The molecule has 0 saturated carbocycles. The summed E-state index contributed by atoms with van der Waals surface area (Å²) in [5.74, 6) is 0. The normalized spacial score (nSPS) is 11.4. The van der Waals surface area contributed by atoms with Gasteiger partial charge in [0.25, 0.3) is 0 Å². The van der Waals surface area contributed by atoms with Crippen molar-refractivity contribution in [3.63, 3.8) is 0 Å². The van der Waals surface area contributed by atoms with Gasteiger partial charge in [0.15, 0.2) is 0 Å². The molecule has 0 aliphatic carbocycles. The fourth-order valence-electron chi connectivity index (χ4n) is 2.05. The van der Waals surface area contributed by atoms with Crippen LogP contribution in [0.1, 0.15) is 58.3 Å². The van der Waals surface area contributed by atoms with Crippen molar-refractivity contribution in [2.24, 2.45) is 0 Å². The first-order valence-electron chi connectivity index (χ1n) is 7.22. The summed E-state index contributed by atoms with van der Waals surface area (Å²) in [6, 6.07) is 10.9. The molecule has 1 heteroatoms. The van der Waals surface area contributed by atoms with E-state index in [4.69, 9.17) is 0 Å². The van der Waals surface area contributed by atoms with E-state index < -0.39 is 0 Å². The van der Waals surface area contributed by atoms with Gasteiger partial charge in [-0.15, -0.1) is 0 Å². The summed E-state index contributed by atoms with van der Waals surface area (Å²) < 4.78 is 0. The van der Waals surface area contributed by atoms with Gasteiger partial charge in [0.2, 0.25) is 0 Å². The van der Waals surface area contributed by atoms with E-state index in [-0.39, 0.29) is 0 Å². The van der Waals surface area contributed by atoms with E-state index in [2.05, 4.69) is 37.3 Å². The van der Waals surface area contributed by atoms with Crippen molar-refractivity contribution in [3.05, 3.63) is 30.3 Å². The van der Waals surface area contributed by atoms with Crippen LogP contribution in [0.3, 0.4) is 0 Å². The summed E-state index contributed by atoms with van der Waals surface area (Å²) in [6.07, 6.45) is 12.8. The zero-order chi connectivity index (χ0) is 12.2. The van der Waals surface area contributed by atoms with Crippen molar-refractivity contribution in [1.29, 1.82) is 0 Å². The zero-order valence-corrected chi connectivity index (χ0v) is 12.3. The summed E-state index contributed by atoms with van der Waals surface area (Å²) >= 11 is 0. The van der Waals surface area contributed by atoms with Gasteiger partial charge in [-0.25, -0.2) is 0 Å². The molecule has 0 fully saturated rings. The number of hydrogen-bond acceptors (Lipinski definition) is 0. The highest BCUT2D eigenvalue weighted by atomic mass is 31.1. The molecular formula is C16H27P. The van der Waals surface area contributed by atoms with Gasteiger partial charge in [-0.3, -0.25) is 0 Å². The molecule has 1 aromatic carbocycles. The van der Waals surface area contributed by atoms with Crippen LogP contribution in [0.4, 0.5) is 0 Å². The molecule has 0 N–H and O–H groups in total. The average Bonchev–Trinajstić information content (AvgIpc) is 2.38. The van der Waals surface area contributed by atoms with Crippen molar-refractivity contribution in [1.82, 2.24) is 0 Å². The molecular weight excluding hydrogens is 223 g/mol. The molecule has 0 bridgehead atoms. The lowest BCUT2D eigenvalue weighted by Crippen LogP contribution is -1.93. The highest BCUT2D eigenvalue weighted by Gasteiger charge is 1.93. The van der Waals surface area contributed by atoms with Gasteiger partial charge >= 0.3 is 0 Å². The molecule has 1 atom stereocenters. The molecule has 0 aliphatic rings. The molecule has 1 unspecified atom stereocenters. The third-order valence-corrected chi connectivity index (χ3v) is 4.48. The maximum absolute atomic E-state index is 2.28. The fourth-order valence-corrected chi connectivity index (χ4v) is 3.19. The van der Waals surface area contributed by atoms with Crippen LogP contribution in [0, 0.1) is 0 Å². The fraction of sp³-hybridized carbons (Fsp3) is 0.625. The third-order valence-electron chi connectivity index (χ3n) is 3.13. The van der Waals surface area contributed by atoms with Crippen LogP contribution in [-0.2, 0) is 0 Å². The van der Waals surface area contributed by atoms with Crippen LogP contribution in [0.25, 0.3) is 0 Å². The Morgan fingerprint density at radius 3 is 2.00 bits per heavy atom. The Morgan fingerprint density at radius 2 is 1.35 bits per heavy atom. The maximum atomic E-state index is 2.28. The Labute approximate surface area is 109 Å². The smallest absolute Gasteiger partial charge is 0.0271 e. The summed E-state index contributed by atoms with van der Waals surface area (Å²) in [6.45, 7) is 2.28. The molecule has 0 heterocycles. The van der Waals surface area contributed by atoms with Crippen LogP contribution >= 0.6 is 8.58 Å². The number of rotatable bonds is 10. The molecule has 1 aromatic rings. The molecule has 0 radical (unpaired) electrons. The Kier molecular flexibility index (Phi) is 9.33. The van der Waals surface area contributed by atoms with E-state index in [0.717, 1.165) is 8.58 Å². The first-order chi connectivity index (χ1) is 8.43. The van der Waals surface area contributed by atoms with Gasteiger partial charge in [-0.05, 0) is 17.9 Å². The third kappa shape index (κ3) is 8.38. The van der Waals surface area contributed by atoms with Crippen LogP contribution < -0.4 is 5.30 Å². The molecule has 0 spiro atoms. The Hall–Kier alpha value is -0.350. The summed E-state index contributed by atoms with van der Waals surface area (Å²) in [4.78, 5) is 0. The molecule has 96 valence electrons. The largest absolute Gasteiger partial charge is 0.0904 e. The van der Waals surface area contributed by atoms with E-state index in [1.54, 1.807) is 0 Å². The molecule has 0 aliphatic heterocycles. The molecule has 17 heavy (non-hydrogen) atoms. The first-order valence-corrected chi connectivity index (χ1v) is 8.43. The second-order valence-electron chi connectivity index (χ2n) is 4.77. The lowest BCUT2D eigenvalue weighted by Gasteiger charge is -2.02. The molecule has 1 rings (SSSR count). The lowest BCUT2D eigenvalue weighted by molar-refractivity contribution is 0.586. The summed E-state index contributed by atoms with van der Waals surface area (Å²) in [5.41, 5.74) is 0. The van der Waals surface area contributed by atoms with Crippen molar-refractivity contribution in [2.45, 2.75) is 58.3 Å². The maximum Gasteiger partial charge on any atom is -0.0271 e. The zero-order valence-electron chi connectivity index (χ0n) is 11.3. The Bertz CT molecular complexity index is 255. The van der Waals surface area contributed by atoms with E-state index in [0.29, 0.717) is 0 Å². The SMILES string of the molecule is CCCCCCCCCCPc1ccccc1. The van der Waals surface area contributed by atoms with Crippen molar-refractivity contribution in [3.8, 4) is 0 Å². The van der Waals surface area contributed by atoms with Gasteiger partial charge in [0.1, 0.15) is 0 Å². The molecule has 0 nitrogen and oxygen atoms in total. The standard InChI is InChI=1S/C16H27P/c1-2-3-4-5-6-7-8-12-15-17-16-13-10-9-11-14-16/h9-11,13-14,17H,2-8,12,15H2,1H3. The van der Waals surface area contributed by atoms with Crippen molar-refractivity contribution < 1.29 is 0 Å². The van der Waals surface area contributed by atoms with Gasteiger partial charge in [0, 0.05) is 0 Å². The molecule has 0 aromatic heterocycles. The highest BCUT2D eigenvalue weighted by molar-refractivity contribution is 7.47. The second kappa shape index (κ2) is 10.8. The molecule has 0 amide bonds. The van der Waals surface area contributed by atoms with E-state index >= 15 is 0 Å². The first kappa shape index (κ1) is 14.7. The number of unbranched alkanes of at least 4 members (excludes halogenated alkanes) is 7. The summed E-state index contributed by atoms with van der Waals surface area (Å²) in [7, 11) is 1.02. The lowest BCUT2D eigenvalue weighted by atomic mass is 10.1.